The van der Waals surface area contributed by atoms with Crippen molar-refractivity contribution in [2.75, 3.05) is 4.90 Å². The van der Waals surface area contributed by atoms with E-state index in [0.717, 1.165) is 39.1 Å². The van der Waals surface area contributed by atoms with Crippen LogP contribution in [0.2, 0.25) is 0 Å². The standard InChI is InChI=1S/C43H31NO/c1-43(2)36-19-10-8-17-33(36)41-37(43)20-12-21-38(41)44(30-14-4-3-5-15-30)31-25-23-28(24-26-31)35-27-29-13-6-7-16-32(29)40-34-18-9-11-22-39(34)45-42(35)40/h3-27H,1-2H3. The van der Waals surface area contributed by atoms with Crippen molar-refractivity contribution >= 4 is 49.8 Å². The van der Waals surface area contributed by atoms with Crippen LogP contribution in [-0.2, 0) is 5.41 Å². The van der Waals surface area contributed by atoms with E-state index in [0.29, 0.717) is 0 Å². The molecule has 0 N–H and O–H groups in total. The van der Waals surface area contributed by atoms with Crippen molar-refractivity contribution in [3.63, 3.8) is 0 Å². The van der Waals surface area contributed by atoms with E-state index in [1.807, 2.05) is 6.07 Å². The Labute approximate surface area is 262 Å². The predicted molar refractivity (Wildman–Crippen MR) is 189 cm³/mol. The average Bonchev–Trinajstić information content (AvgIpc) is 3.59. The summed E-state index contributed by atoms with van der Waals surface area (Å²) in [6.45, 7) is 4.68. The van der Waals surface area contributed by atoms with Gasteiger partial charge in [0.1, 0.15) is 11.2 Å². The zero-order valence-corrected chi connectivity index (χ0v) is 25.3. The number of hydrogen-bond acceptors (Lipinski definition) is 2. The molecular weight excluding hydrogens is 546 g/mol. The lowest BCUT2D eigenvalue weighted by Gasteiger charge is -2.29. The maximum absolute atomic E-state index is 6.56. The van der Waals surface area contributed by atoms with Gasteiger partial charge in [-0.25, -0.2) is 0 Å². The van der Waals surface area contributed by atoms with Crippen LogP contribution in [0.1, 0.15) is 25.0 Å². The Morgan fingerprint density at radius 2 is 1.20 bits per heavy atom. The first-order valence-electron chi connectivity index (χ1n) is 15.6. The van der Waals surface area contributed by atoms with Crippen LogP contribution in [-0.4, -0.2) is 0 Å². The van der Waals surface area contributed by atoms with Gasteiger partial charge in [-0.15, -0.1) is 0 Å². The van der Waals surface area contributed by atoms with Crippen LogP contribution in [0.4, 0.5) is 17.1 Å². The Morgan fingerprint density at radius 1 is 0.533 bits per heavy atom. The molecule has 0 fully saturated rings. The number of furan rings is 1. The normalized spacial score (nSPS) is 13.3. The molecule has 1 aromatic heterocycles. The van der Waals surface area contributed by atoms with Gasteiger partial charge in [0.05, 0.1) is 5.69 Å². The Bertz CT molecular complexity index is 2400. The fourth-order valence-electron chi connectivity index (χ4n) is 7.50. The summed E-state index contributed by atoms with van der Waals surface area (Å²) < 4.78 is 6.56. The summed E-state index contributed by atoms with van der Waals surface area (Å²) in [7, 11) is 0. The molecule has 0 radical (unpaired) electrons. The lowest BCUT2D eigenvalue weighted by molar-refractivity contribution is 0.660. The third kappa shape index (κ3) is 3.82. The minimum atomic E-state index is -0.0673. The Hall–Kier alpha value is -5.60. The third-order valence-electron chi connectivity index (χ3n) is 9.65. The molecule has 9 rings (SSSR count). The number of hydrogen-bond donors (Lipinski definition) is 0. The van der Waals surface area contributed by atoms with Crippen LogP contribution in [0.25, 0.3) is 55.0 Å². The predicted octanol–water partition coefficient (Wildman–Crippen LogP) is 12.2. The maximum Gasteiger partial charge on any atom is 0.143 e. The molecule has 0 spiro atoms. The minimum Gasteiger partial charge on any atom is -0.455 e. The Kier molecular flexibility index (Phi) is 5.58. The van der Waals surface area contributed by atoms with Crippen LogP contribution < -0.4 is 4.90 Å². The molecule has 0 aliphatic heterocycles. The van der Waals surface area contributed by atoms with Gasteiger partial charge in [-0.3, -0.25) is 0 Å². The molecule has 7 aromatic carbocycles. The van der Waals surface area contributed by atoms with E-state index in [4.69, 9.17) is 4.42 Å². The quantitative estimate of drug-likeness (QED) is 0.207. The Balaban J connectivity index is 1.24. The van der Waals surface area contributed by atoms with Crippen LogP contribution in [0.3, 0.4) is 0 Å². The molecule has 214 valence electrons. The lowest BCUT2D eigenvalue weighted by atomic mass is 9.82. The minimum absolute atomic E-state index is 0.0673. The number of para-hydroxylation sites is 2. The molecule has 0 saturated heterocycles. The summed E-state index contributed by atoms with van der Waals surface area (Å²) in [5.41, 5.74) is 12.8. The van der Waals surface area contributed by atoms with Gasteiger partial charge in [-0.2, -0.15) is 0 Å². The average molecular weight is 578 g/mol. The summed E-state index contributed by atoms with van der Waals surface area (Å²) in [6, 6.07) is 54.5. The highest BCUT2D eigenvalue weighted by Gasteiger charge is 2.37. The second-order valence-corrected chi connectivity index (χ2v) is 12.5. The van der Waals surface area contributed by atoms with E-state index in [2.05, 4.69) is 164 Å². The number of rotatable bonds is 4. The Morgan fingerprint density at radius 3 is 2.04 bits per heavy atom. The van der Waals surface area contributed by atoms with E-state index in [1.54, 1.807) is 0 Å². The van der Waals surface area contributed by atoms with Crippen molar-refractivity contribution in [2.24, 2.45) is 0 Å². The van der Waals surface area contributed by atoms with Gasteiger partial charge in [0.2, 0.25) is 0 Å². The van der Waals surface area contributed by atoms with Crippen molar-refractivity contribution in [1.82, 2.24) is 0 Å². The highest BCUT2D eigenvalue weighted by Crippen LogP contribution is 2.54. The highest BCUT2D eigenvalue weighted by molar-refractivity contribution is 6.22. The first-order valence-corrected chi connectivity index (χ1v) is 15.6. The van der Waals surface area contributed by atoms with E-state index in [-0.39, 0.29) is 5.41 Å². The zero-order valence-electron chi connectivity index (χ0n) is 25.3. The van der Waals surface area contributed by atoms with Gasteiger partial charge < -0.3 is 9.32 Å². The van der Waals surface area contributed by atoms with Crippen LogP contribution in [0.15, 0.2) is 156 Å². The SMILES string of the molecule is CC1(C)c2ccccc2-c2c(N(c3ccccc3)c3ccc(-c4cc5ccccc5c5c4oc4ccccc45)cc3)cccc21. The first kappa shape index (κ1) is 25.9. The summed E-state index contributed by atoms with van der Waals surface area (Å²) in [4.78, 5) is 2.40. The molecule has 0 saturated carbocycles. The van der Waals surface area contributed by atoms with Crippen LogP contribution >= 0.6 is 0 Å². The molecule has 45 heavy (non-hydrogen) atoms. The lowest BCUT2D eigenvalue weighted by Crippen LogP contribution is -2.16. The van der Waals surface area contributed by atoms with Crippen molar-refractivity contribution in [1.29, 1.82) is 0 Å². The van der Waals surface area contributed by atoms with Gasteiger partial charge in [-0.1, -0.05) is 123 Å². The van der Waals surface area contributed by atoms with E-state index in [9.17, 15) is 0 Å². The van der Waals surface area contributed by atoms with E-state index >= 15 is 0 Å². The van der Waals surface area contributed by atoms with E-state index < -0.39 is 0 Å². The largest absolute Gasteiger partial charge is 0.455 e. The second kappa shape index (κ2) is 9.70. The summed E-state index contributed by atoms with van der Waals surface area (Å²) in [5, 5.41) is 4.75. The van der Waals surface area contributed by atoms with E-state index in [1.165, 1.54) is 44.1 Å². The highest BCUT2D eigenvalue weighted by atomic mass is 16.3. The van der Waals surface area contributed by atoms with Crippen LogP contribution in [0, 0.1) is 0 Å². The number of nitrogens with zero attached hydrogens (tertiary/aromatic N) is 1. The van der Waals surface area contributed by atoms with Crippen molar-refractivity contribution < 1.29 is 4.42 Å². The van der Waals surface area contributed by atoms with Crippen LogP contribution in [0.5, 0.6) is 0 Å². The van der Waals surface area contributed by atoms with Gasteiger partial charge >= 0.3 is 0 Å². The fraction of sp³-hybridized carbons (Fsp3) is 0.0698. The number of anilines is 3. The van der Waals surface area contributed by atoms with Crippen molar-refractivity contribution in [2.45, 2.75) is 19.3 Å². The molecule has 2 nitrogen and oxygen atoms in total. The van der Waals surface area contributed by atoms with Gasteiger partial charge in [0.25, 0.3) is 0 Å². The number of benzene rings is 7. The molecule has 1 heterocycles. The summed E-state index contributed by atoms with van der Waals surface area (Å²) in [6.07, 6.45) is 0. The van der Waals surface area contributed by atoms with Crippen molar-refractivity contribution in [3.05, 3.63) is 163 Å². The maximum atomic E-state index is 6.56. The molecule has 1 aliphatic carbocycles. The molecular formula is C43H31NO. The molecule has 8 aromatic rings. The molecule has 2 heteroatoms. The van der Waals surface area contributed by atoms with Crippen molar-refractivity contribution in [3.8, 4) is 22.3 Å². The summed E-state index contributed by atoms with van der Waals surface area (Å²) >= 11 is 0. The molecule has 0 bridgehead atoms. The monoisotopic (exact) mass is 577 g/mol. The van der Waals surface area contributed by atoms with Gasteiger partial charge in [0, 0.05) is 38.7 Å². The number of fused-ring (bicyclic) bond motifs is 8. The van der Waals surface area contributed by atoms with Gasteiger partial charge in [-0.05, 0) is 75.5 Å². The molecule has 0 unspecified atom stereocenters. The molecule has 0 amide bonds. The smallest absolute Gasteiger partial charge is 0.143 e. The van der Waals surface area contributed by atoms with Gasteiger partial charge in [0.15, 0.2) is 0 Å². The fourth-order valence-corrected chi connectivity index (χ4v) is 7.50. The zero-order chi connectivity index (χ0) is 30.1. The third-order valence-corrected chi connectivity index (χ3v) is 9.65. The molecule has 1 aliphatic rings. The molecule has 0 atom stereocenters. The summed E-state index contributed by atoms with van der Waals surface area (Å²) in [5.74, 6) is 0. The first-order chi connectivity index (χ1) is 22.1. The second-order valence-electron chi connectivity index (χ2n) is 12.5. The topological polar surface area (TPSA) is 16.4 Å².